The normalized spacial score (nSPS) is 24.6. The monoisotopic (exact) mass is 286 g/mol. The molecule has 3 rings (SSSR count). The van der Waals surface area contributed by atoms with E-state index < -0.39 is 0 Å². The molecule has 1 atom stereocenters. The van der Waals surface area contributed by atoms with E-state index in [4.69, 9.17) is 0 Å². The first-order valence-electron chi connectivity index (χ1n) is 8.16. The van der Waals surface area contributed by atoms with Gasteiger partial charge >= 0.3 is 0 Å². The Labute approximate surface area is 127 Å². The van der Waals surface area contributed by atoms with Gasteiger partial charge in [-0.2, -0.15) is 0 Å². The van der Waals surface area contributed by atoms with Gasteiger partial charge in [-0.1, -0.05) is 36.2 Å². The van der Waals surface area contributed by atoms with Gasteiger partial charge in [0.2, 0.25) is 5.91 Å². The Hall–Kier alpha value is -1.35. The van der Waals surface area contributed by atoms with Crippen molar-refractivity contribution in [3.05, 3.63) is 35.4 Å². The van der Waals surface area contributed by atoms with E-state index >= 15 is 0 Å². The number of rotatable bonds is 4. The van der Waals surface area contributed by atoms with Crippen molar-refractivity contribution in [3.8, 4) is 0 Å². The highest BCUT2D eigenvalue weighted by Gasteiger charge is 2.45. The van der Waals surface area contributed by atoms with E-state index in [1.165, 1.54) is 24.0 Å². The maximum atomic E-state index is 12.6. The summed E-state index contributed by atoms with van der Waals surface area (Å²) in [6.45, 7) is 3.17. The van der Waals surface area contributed by atoms with Crippen LogP contribution in [0.5, 0.6) is 0 Å². The molecular weight excluding hydrogens is 260 g/mol. The van der Waals surface area contributed by atoms with Gasteiger partial charge in [0.15, 0.2) is 0 Å². The zero-order valence-corrected chi connectivity index (χ0v) is 13.2. The summed E-state index contributed by atoms with van der Waals surface area (Å²) in [4.78, 5) is 14.8. The Morgan fingerprint density at radius 1 is 1.38 bits per heavy atom. The van der Waals surface area contributed by atoms with E-state index in [-0.39, 0.29) is 17.5 Å². The van der Waals surface area contributed by atoms with Gasteiger partial charge < -0.3 is 5.32 Å². The average Bonchev–Trinajstić information content (AvgIpc) is 3.18. The minimum Gasteiger partial charge on any atom is -0.349 e. The van der Waals surface area contributed by atoms with Crippen molar-refractivity contribution in [3.63, 3.8) is 0 Å². The lowest BCUT2D eigenvalue weighted by Crippen LogP contribution is -2.51. The molecule has 1 heterocycles. The standard InChI is InChI=1S/C18H26N2O/c1-14-6-5-7-15(12-14)13-18(9-10-18)19-17(21)16-8-3-4-11-20(16)2/h5-7,12,16H,3-4,8-11,13H2,1-2H3,(H,19,21)/t16-/m1/s1. The maximum Gasteiger partial charge on any atom is 0.237 e. The van der Waals surface area contributed by atoms with Crippen LogP contribution < -0.4 is 5.32 Å². The molecule has 1 saturated carbocycles. The summed E-state index contributed by atoms with van der Waals surface area (Å²) in [6, 6.07) is 8.72. The zero-order valence-electron chi connectivity index (χ0n) is 13.2. The number of amides is 1. The number of hydrogen-bond donors (Lipinski definition) is 1. The number of aryl methyl sites for hydroxylation is 1. The van der Waals surface area contributed by atoms with E-state index in [9.17, 15) is 4.79 Å². The number of nitrogens with zero attached hydrogens (tertiary/aromatic N) is 1. The van der Waals surface area contributed by atoms with Crippen LogP contribution in [0, 0.1) is 6.92 Å². The number of benzene rings is 1. The van der Waals surface area contributed by atoms with Gasteiger partial charge in [-0.05, 0) is 58.2 Å². The lowest BCUT2D eigenvalue weighted by atomic mass is 9.99. The fourth-order valence-corrected chi connectivity index (χ4v) is 3.46. The molecule has 1 saturated heterocycles. The number of carbonyl (C=O) groups is 1. The predicted molar refractivity (Wildman–Crippen MR) is 85.3 cm³/mol. The summed E-state index contributed by atoms with van der Waals surface area (Å²) in [7, 11) is 2.07. The van der Waals surface area contributed by atoms with Gasteiger partial charge in [0.1, 0.15) is 0 Å². The number of hydrogen-bond acceptors (Lipinski definition) is 2. The molecule has 1 aromatic rings. The third-order valence-corrected chi connectivity index (χ3v) is 4.94. The van der Waals surface area contributed by atoms with Crippen molar-refractivity contribution < 1.29 is 4.79 Å². The van der Waals surface area contributed by atoms with Crippen LogP contribution >= 0.6 is 0 Å². The van der Waals surface area contributed by atoms with E-state index in [1.807, 2.05) is 0 Å². The second kappa shape index (κ2) is 5.80. The molecule has 21 heavy (non-hydrogen) atoms. The molecule has 0 aromatic heterocycles. The van der Waals surface area contributed by atoms with Gasteiger partial charge in [0, 0.05) is 5.54 Å². The van der Waals surface area contributed by atoms with E-state index in [0.717, 1.165) is 32.2 Å². The Bertz CT molecular complexity index is 522. The van der Waals surface area contributed by atoms with Crippen molar-refractivity contribution in [1.29, 1.82) is 0 Å². The number of piperidine rings is 1. The highest BCUT2D eigenvalue weighted by atomic mass is 16.2. The van der Waals surface area contributed by atoms with Gasteiger partial charge in [-0.25, -0.2) is 0 Å². The molecule has 1 aromatic carbocycles. The number of likely N-dealkylation sites (tertiary alicyclic amines) is 1. The summed E-state index contributed by atoms with van der Waals surface area (Å²) in [6.07, 6.45) is 6.59. The largest absolute Gasteiger partial charge is 0.349 e. The molecule has 114 valence electrons. The highest BCUT2D eigenvalue weighted by molar-refractivity contribution is 5.83. The molecule has 3 nitrogen and oxygen atoms in total. The third kappa shape index (κ3) is 3.46. The van der Waals surface area contributed by atoms with E-state index in [2.05, 4.69) is 48.5 Å². The Balaban J connectivity index is 1.62. The minimum atomic E-state index is 0.0309. The van der Waals surface area contributed by atoms with Crippen molar-refractivity contribution in [1.82, 2.24) is 10.2 Å². The summed E-state index contributed by atoms with van der Waals surface area (Å²) in [5.41, 5.74) is 2.66. The van der Waals surface area contributed by atoms with Crippen LogP contribution in [0.1, 0.15) is 43.2 Å². The van der Waals surface area contributed by atoms with Gasteiger partial charge in [-0.3, -0.25) is 9.69 Å². The summed E-state index contributed by atoms with van der Waals surface area (Å²) in [5.74, 6) is 0.238. The molecule has 3 heteroatoms. The first-order chi connectivity index (χ1) is 10.1. The lowest BCUT2D eigenvalue weighted by Gasteiger charge is -2.32. The summed E-state index contributed by atoms with van der Waals surface area (Å²) >= 11 is 0. The third-order valence-electron chi connectivity index (χ3n) is 4.94. The van der Waals surface area contributed by atoms with Gasteiger partial charge in [-0.15, -0.1) is 0 Å². The molecule has 1 amide bonds. The quantitative estimate of drug-likeness (QED) is 0.923. The molecule has 0 radical (unpaired) electrons. The Kier molecular flexibility index (Phi) is 4.03. The number of likely N-dealkylation sites (N-methyl/N-ethyl adjacent to an activating group) is 1. The van der Waals surface area contributed by atoms with Crippen molar-refractivity contribution in [2.75, 3.05) is 13.6 Å². The number of carbonyl (C=O) groups excluding carboxylic acids is 1. The van der Waals surface area contributed by atoms with Crippen LogP contribution in [0.4, 0.5) is 0 Å². The second-order valence-corrected chi connectivity index (χ2v) is 6.93. The van der Waals surface area contributed by atoms with Gasteiger partial charge in [0.05, 0.1) is 6.04 Å². The maximum absolute atomic E-state index is 12.6. The average molecular weight is 286 g/mol. The van der Waals surface area contributed by atoms with Crippen LogP contribution in [0.15, 0.2) is 24.3 Å². The van der Waals surface area contributed by atoms with Crippen LogP contribution in [0.25, 0.3) is 0 Å². The fraction of sp³-hybridized carbons (Fsp3) is 0.611. The van der Waals surface area contributed by atoms with Gasteiger partial charge in [0.25, 0.3) is 0 Å². The minimum absolute atomic E-state index is 0.0309. The predicted octanol–water partition coefficient (Wildman–Crippen LogP) is 2.67. The van der Waals surface area contributed by atoms with Crippen molar-refractivity contribution in [2.45, 2.75) is 57.0 Å². The molecule has 1 aliphatic carbocycles. The molecular formula is C18H26N2O. The van der Waals surface area contributed by atoms with Crippen LogP contribution in [-0.4, -0.2) is 36.0 Å². The van der Waals surface area contributed by atoms with Crippen molar-refractivity contribution in [2.24, 2.45) is 0 Å². The molecule has 2 fully saturated rings. The zero-order chi connectivity index (χ0) is 14.9. The molecule has 1 aliphatic heterocycles. The molecule has 0 bridgehead atoms. The van der Waals surface area contributed by atoms with E-state index in [1.54, 1.807) is 0 Å². The molecule has 0 unspecified atom stereocenters. The van der Waals surface area contributed by atoms with Crippen LogP contribution in [-0.2, 0) is 11.2 Å². The molecule has 1 N–H and O–H groups in total. The number of nitrogens with one attached hydrogen (secondary N) is 1. The summed E-state index contributed by atoms with van der Waals surface area (Å²) in [5, 5.41) is 3.35. The van der Waals surface area contributed by atoms with Crippen molar-refractivity contribution >= 4 is 5.91 Å². The lowest BCUT2D eigenvalue weighted by molar-refractivity contribution is -0.128. The smallest absolute Gasteiger partial charge is 0.237 e. The van der Waals surface area contributed by atoms with Crippen LogP contribution in [0.3, 0.4) is 0 Å². The van der Waals surface area contributed by atoms with E-state index in [0.29, 0.717) is 0 Å². The first kappa shape index (κ1) is 14.6. The summed E-state index contributed by atoms with van der Waals surface area (Å²) < 4.78 is 0. The molecule has 0 spiro atoms. The second-order valence-electron chi connectivity index (χ2n) is 6.93. The van der Waals surface area contributed by atoms with Crippen LogP contribution in [0.2, 0.25) is 0 Å². The topological polar surface area (TPSA) is 32.3 Å². The Morgan fingerprint density at radius 2 is 2.19 bits per heavy atom. The first-order valence-corrected chi connectivity index (χ1v) is 8.16. The SMILES string of the molecule is Cc1cccc(CC2(NC(=O)[C@H]3CCCCN3C)CC2)c1. The highest BCUT2D eigenvalue weighted by Crippen LogP contribution is 2.39. The molecule has 2 aliphatic rings. The fourth-order valence-electron chi connectivity index (χ4n) is 3.46. The Morgan fingerprint density at radius 3 is 2.86 bits per heavy atom.